The Kier molecular flexibility index (Phi) is 17.6. The predicted octanol–water partition coefficient (Wildman–Crippen LogP) is 3.34. The van der Waals surface area contributed by atoms with Gasteiger partial charge in [-0.1, -0.05) is 13.8 Å². The van der Waals surface area contributed by atoms with E-state index in [0.717, 1.165) is 0 Å². The van der Waals surface area contributed by atoms with Gasteiger partial charge >= 0.3 is 18.0 Å². The van der Waals surface area contributed by atoms with Crippen LogP contribution in [0.15, 0.2) is 18.7 Å². The van der Waals surface area contributed by atoms with E-state index in [9.17, 15) is 29.7 Å². The molecule has 1 aromatic rings. The number of hydrogen-bond donors (Lipinski definition) is 3. The van der Waals surface area contributed by atoms with Gasteiger partial charge in [0.15, 0.2) is 28.9 Å². The van der Waals surface area contributed by atoms with Crippen LogP contribution in [0.1, 0.15) is 88.5 Å². The molecule has 19 heteroatoms. The van der Waals surface area contributed by atoms with E-state index < -0.39 is 106 Å². The number of nitrogens with zero attached hydrogens (tertiary/aromatic N) is 4. The average Bonchev–Trinajstić information content (AvgIpc) is 3.71. The molecule has 3 fully saturated rings. The number of rotatable bonds is 8. The second-order valence-electron chi connectivity index (χ2n) is 18.5. The summed E-state index contributed by atoms with van der Waals surface area (Å²) >= 11 is 1.81. The van der Waals surface area contributed by atoms with Crippen molar-refractivity contribution in [2.24, 2.45) is 17.8 Å². The molecule has 0 aliphatic carbocycles. The molecule has 1 aromatic heterocycles. The van der Waals surface area contributed by atoms with Crippen molar-refractivity contribution in [1.82, 2.24) is 19.4 Å². The van der Waals surface area contributed by atoms with Crippen LogP contribution in [0.3, 0.4) is 0 Å². The summed E-state index contributed by atoms with van der Waals surface area (Å²) in [5, 5.41) is 35.9. The zero-order valence-electron chi connectivity index (χ0n) is 38.2. The number of halogens is 1. The highest BCUT2D eigenvalue weighted by molar-refractivity contribution is 14.1. The molecular weight excluding hydrogens is 911 g/mol. The lowest BCUT2D eigenvalue weighted by Gasteiger charge is -2.49. The van der Waals surface area contributed by atoms with Gasteiger partial charge in [0, 0.05) is 51.4 Å². The van der Waals surface area contributed by atoms with E-state index in [2.05, 4.69) is 4.98 Å². The van der Waals surface area contributed by atoms with E-state index in [0.29, 0.717) is 13.0 Å². The van der Waals surface area contributed by atoms with Crippen LogP contribution in [0.25, 0.3) is 0 Å². The van der Waals surface area contributed by atoms with Crippen LogP contribution in [-0.4, -0.2) is 176 Å². The first kappa shape index (κ1) is 51.6. The van der Waals surface area contributed by atoms with E-state index in [1.807, 2.05) is 67.4 Å². The zero-order chi connectivity index (χ0) is 45.9. The fraction of sp³-hybridized carbons (Fsp3) is 0.857. The Hall–Kier alpha value is -2.05. The number of cyclic esters (lactones) is 1. The number of hydrogen-bond acceptors (Lipinski definition) is 17. The standard InChI is InChI=1S/C42H71IN4O14/c1-22-18-40(8,52)34(59-37-32(57-28(7)48)29(45(11)12)17-23(2)55-37)24(3)31(25(4)36(50)61-38(43)42(10,53)33(49)26(5)46(13)20-22)58-30-19-41(9,54-14)35(27(6)56-30)60-39(51)47-16-15-44-21-47/h15-16,21-27,29-35,37-38,49,52-53H,17-20H2,1-14H3/t22-,23-,24+,25-,26-,27+,29?,30+,31+,32-,33-,34-,35+,37+,38+,40-,41-,42+/m1/s1. The molecule has 0 spiro atoms. The summed E-state index contributed by atoms with van der Waals surface area (Å²) < 4.78 is 50.3. The molecule has 18 atom stereocenters. The highest BCUT2D eigenvalue weighted by atomic mass is 127. The van der Waals surface area contributed by atoms with Crippen molar-refractivity contribution in [3.8, 4) is 0 Å². The minimum Gasteiger partial charge on any atom is -0.455 e. The molecule has 3 N–H and O–H groups in total. The Bertz CT molecular complexity index is 1600. The zero-order valence-corrected chi connectivity index (χ0v) is 40.4. The van der Waals surface area contributed by atoms with Gasteiger partial charge in [0.2, 0.25) is 0 Å². The van der Waals surface area contributed by atoms with Gasteiger partial charge in [0.25, 0.3) is 0 Å². The Morgan fingerprint density at radius 3 is 2.21 bits per heavy atom. The summed E-state index contributed by atoms with van der Waals surface area (Å²) in [5.41, 5.74) is -4.66. The number of esters is 2. The summed E-state index contributed by atoms with van der Waals surface area (Å²) in [5.74, 6) is -3.43. The van der Waals surface area contributed by atoms with Gasteiger partial charge in [-0.2, -0.15) is 0 Å². The fourth-order valence-corrected chi connectivity index (χ4v) is 9.81. The van der Waals surface area contributed by atoms with E-state index in [4.69, 9.17) is 37.9 Å². The molecule has 0 aromatic carbocycles. The van der Waals surface area contributed by atoms with Crippen molar-refractivity contribution in [2.45, 2.75) is 177 Å². The average molecular weight is 983 g/mol. The van der Waals surface area contributed by atoms with Gasteiger partial charge in [0.1, 0.15) is 23.6 Å². The smallest absolute Gasteiger partial charge is 0.419 e. The number of aliphatic hydroxyl groups is 3. The van der Waals surface area contributed by atoms with Gasteiger partial charge in [-0.15, -0.1) is 0 Å². The quantitative estimate of drug-likeness (QED) is 0.148. The maximum Gasteiger partial charge on any atom is 0.419 e. The molecule has 4 heterocycles. The molecule has 350 valence electrons. The van der Waals surface area contributed by atoms with Crippen LogP contribution in [0, 0.1) is 17.8 Å². The van der Waals surface area contributed by atoms with E-state index in [-0.39, 0.29) is 30.9 Å². The van der Waals surface area contributed by atoms with Crippen LogP contribution in [-0.2, 0) is 47.5 Å². The van der Waals surface area contributed by atoms with Crippen LogP contribution < -0.4 is 0 Å². The molecule has 3 aliphatic rings. The lowest BCUT2D eigenvalue weighted by Crippen LogP contribution is -2.61. The number of carbonyl (C=O) groups is 3. The van der Waals surface area contributed by atoms with Crippen LogP contribution in [0.2, 0.25) is 0 Å². The molecule has 0 radical (unpaired) electrons. The van der Waals surface area contributed by atoms with Crippen molar-refractivity contribution < 1.29 is 67.6 Å². The number of alkyl halides is 1. The second kappa shape index (κ2) is 20.8. The number of likely N-dealkylation sites (N-methyl/N-ethyl adjacent to an activating group) is 2. The third-order valence-electron chi connectivity index (χ3n) is 12.8. The lowest BCUT2D eigenvalue weighted by atomic mass is 9.77. The third kappa shape index (κ3) is 12.2. The van der Waals surface area contributed by atoms with Gasteiger partial charge < -0.3 is 63.0 Å². The molecule has 1 unspecified atom stereocenters. The molecule has 18 nitrogen and oxygen atoms in total. The highest BCUT2D eigenvalue weighted by Gasteiger charge is 2.54. The molecule has 4 rings (SSSR count). The molecular formula is C42H71IN4O14. The topological polar surface area (TPSA) is 210 Å². The Balaban J connectivity index is 1.82. The largest absolute Gasteiger partial charge is 0.455 e. The summed E-state index contributed by atoms with van der Waals surface area (Å²) in [6.45, 7) is 17.3. The van der Waals surface area contributed by atoms with Gasteiger partial charge in [-0.3, -0.25) is 9.59 Å². The maximum atomic E-state index is 14.3. The van der Waals surface area contributed by atoms with Crippen LogP contribution in [0.5, 0.6) is 0 Å². The van der Waals surface area contributed by atoms with Crippen LogP contribution >= 0.6 is 22.6 Å². The highest BCUT2D eigenvalue weighted by Crippen LogP contribution is 2.41. The Labute approximate surface area is 374 Å². The fourth-order valence-electron chi connectivity index (χ4n) is 9.19. The van der Waals surface area contributed by atoms with E-state index >= 15 is 0 Å². The molecule has 3 aliphatic heterocycles. The van der Waals surface area contributed by atoms with Gasteiger partial charge in [-0.25, -0.2) is 14.3 Å². The Morgan fingerprint density at radius 2 is 1.64 bits per heavy atom. The number of carbonyl (C=O) groups excluding carboxylic acids is 3. The molecule has 0 amide bonds. The first-order valence-electron chi connectivity index (χ1n) is 21.1. The maximum absolute atomic E-state index is 14.3. The minimum atomic E-state index is -1.87. The van der Waals surface area contributed by atoms with Crippen molar-refractivity contribution in [3.63, 3.8) is 0 Å². The first-order valence-corrected chi connectivity index (χ1v) is 22.4. The van der Waals surface area contributed by atoms with Crippen molar-refractivity contribution in [1.29, 1.82) is 0 Å². The number of ether oxygens (including phenoxy) is 8. The van der Waals surface area contributed by atoms with E-state index in [1.54, 1.807) is 41.5 Å². The molecule has 3 saturated heterocycles. The van der Waals surface area contributed by atoms with Crippen molar-refractivity contribution in [3.05, 3.63) is 18.7 Å². The molecule has 0 saturated carbocycles. The summed E-state index contributed by atoms with van der Waals surface area (Å²) in [4.78, 5) is 47.7. The molecule has 61 heavy (non-hydrogen) atoms. The number of aromatic nitrogens is 2. The number of aliphatic hydroxyl groups excluding tert-OH is 1. The monoisotopic (exact) mass is 982 g/mol. The van der Waals surface area contributed by atoms with E-state index in [1.165, 1.54) is 44.2 Å². The van der Waals surface area contributed by atoms with Crippen LogP contribution in [0.4, 0.5) is 4.79 Å². The normalized spacial score (nSPS) is 43.8. The minimum absolute atomic E-state index is 0.0436. The van der Waals surface area contributed by atoms with Gasteiger partial charge in [-0.05, 0) is 111 Å². The van der Waals surface area contributed by atoms with Gasteiger partial charge in [0.05, 0.1) is 42.0 Å². The van der Waals surface area contributed by atoms with Crippen molar-refractivity contribution in [2.75, 3.05) is 34.8 Å². The number of imidazole rings is 1. The summed E-state index contributed by atoms with van der Waals surface area (Å²) in [6, 6.07) is -0.884. The summed E-state index contributed by atoms with van der Waals surface area (Å²) in [6.07, 6.45) is -4.33. The summed E-state index contributed by atoms with van der Waals surface area (Å²) in [7, 11) is 7.07. The SMILES string of the molecule is CO[C@]1(C)C[C@H](O[C@H]2[C@H](C)[C@@H](O[C@@H]3O[C@H](C)CC(N(C)C)[C@H]3OC(C)=O)[C@](C)(O)C[C@@H](C)CN(C)[C@H](C)[C@@H](O)[C@](C)(O)[C@@H](I)OC(=O)[C@@H]2C)O[C@@H](C)[C@@H]1OC(=O)n1ccnc1. The lowest BCUT2D eigenvalue weighted by molar-refractivity contribution is -0.318. The number of methoxy groups -OCH3 is 1. The second-order valence-corrected chi connectivity index (χ2v) is 19.6. The molecule has 0 bridgehead atoms. The van der Waals surface area contributed by atoms with Crippen molar-refractivity contribution >= 4 is 40.6 Å². The third-order valence-corrected chi connectivity index (χ3v) is 14.3. The Morgan fingerprint density at radius 1 is 0.984 bits per heavy atom. The predicted molar refractivity (Wildman–Crippen MR) is 229 cm³/mol. The first-order chi connectivity index (χ1) is 28.2.